The van der Waals surface area contributed by atoms with Crippen molar-refractivity contribution in [2.24, 2.45) is 4.99 Å². The highest BCUT2D eigenvalue weighted by Gasteiger charge is 2.22. The summed E-state index contributed by atoms with van der Waals surface area (Å²) in [5.74, 6) is 1.31. The fourth-order valence-corrected chi connectivity index (χ4v) is 5.16. The van der Waals surface area contributed by atoms with Crippen LogP contribution in [-0.2, 0) is 6.42 Å². The molecule has 0 N–H and O–H groups in total. The lowest BCUT2D eigenvalue weighted by molar-refractivity contribution is 0.0956. The van der Waals surface area contributed by atoms with Gasteiger partial charge in [-0.2, -0.15) is 0 Å². The van der Waals surface area contributed by atoms with Gasteiger partial charge in [-0.25, -0.2) is 0 Å². The number of rotatable bonds is 4. The predicted octanol–water partition coefficient (Wildman–Crippen LogP) is 3.69. The Balaban J connectivity index is 1.66. The fourth-order valence-electron chi connectivity index (χ4n) is 4.14. The molecule has 3 aromatic rings. The number of methoxy groups -OCH3 is 2. The highest BCUT2D eigenvalue weighted by molar-refractivity contribution is 7.10. The number of fused-ring (bicyclic) bond motifs is 2. The van der Waals surface area contributed by atoms with E-state index in [4.69, 9.17) is 14.5 Å². The lowest BCUT2D eigenvalue weighted by Crippen LogP contribution is -2.36. The van der Waals surface area contributed by atoms with Gasteiger partial charge in [-0.05, 0) is 37.0 Å². The summed E-state index contributed by atoms with van der Waals surface area (Å²) in [5, 5.41) is 2.99. The summed E-state index contributed by atoms with van der Waals surface area (Å²) in [6.45, 7) is 0.692. The summed E-state index contributed by atoms with van der Waals surface area (Å²) in [7, 11) is 3.25. The van der Waals surface area contributed by atoms with Crippen LogP contribution in [0.4, 0.5) is 0 Å². The maximum atomic E-state index is 13.5. The Bertz CT molecular complexity index is 1300. The van der Waals surface area contributed by atoms with Crippen LogP contribution in [0.3, 0.4) is 0 Å². The molecular weight excluding hydrogens is 396 g/mol. The number of hydrogen-bond donors (Lipinski definition) is 0. The van der Waals surface area contributed by atoms with Gasteiger partial charge in [0, 0.05) is 39.3 Å². The van der Waals surface area contributed by atoms with Gasteiger partial charge in [-0.3, -0.25) is 14.4 Å². The molecule has 152 valence electrons. The number of carbonyl (C=O) groups is 1. The fraction of sp³-hybridized carbons (Fsp3) is 0.250. The van der Waals surface area contributed by atoms with E-state index in [2.05, 4.69) is 18.2 Å². The number of nitrogens with zero attached hydrogens (tertiary/aromatic N) is 2. The first-order valence-corrected chi connectivity index (χ1v) is 10.9. The topological polar surface area (TPSA) is 52.8 Å². The zero-order valence-electron chi connectivity index (χ0n) is 17.0. The van der Waals surface area contributed by atoms with Gasteiger partial charge in [0.2, 0.25) is 0 Å². The summed E-state index contributed by atoms with van der Waals surface area (Å²) in [6.07, 6.45) is 11.2. The van der Waals surface area contributed by atoms with E-state index in [1.165, 1.54) is 4.88 Å². The second-order valence-corrected chi connectivity index (χ2v) is 8.29. The number of allylic oxidation sites excluding steroid dienone is 1. The zero-order valence-corrected chi connectivity index (χ0v) is 17.8. The molecule has 3 heterocycles. The quantitative estimate of drug-likeness (QED) is 0.649. The molecule has 30 heavy (non-hydrogen) atoms. The first kappa shape index (κ1) is 18.9. The van der Waals surface area contributed by atoms with E-state index >= 15 is 0 Å². The Morgan fingerprint density at radius 1 is 1.17 bits per heavy atom. The molecule has 0 bridgehead atoms. The average Bonchev–Trinajstić information content (AvgIpc) is 3.40. The molecule has 0 unspecified atom stereocenters. The summed E-state index contributed by atoms with van der Waals surface area (Å²) in [4.78, 5) is 19.5. The van der Waals surface area contributed by atoms with Crippen LogP contribution >= 0.6 is 11.3 Å². The molecular formula is C24H22N2O3S. The van der Waals surface area contributed by atoms with Gasteiger partial charge in [-0.1, -0.05) is 24.3 Å². The van der Waals surface area contributed by atoms with Gasteiger partial charge in [0.05, 0.1) is 19.8 Å². The first-order chi connectivity index (χ1) is 14.7. The van der Waals surface area contributed by atoms with Crippen molar-refractivity contribution >= 4 is 29.4 Å². The number of ether oxygens (including phenoxy) is 2. The molecule has 0 amide bonds. The number of benzene rings is 1. The molecule has 0 radical (unpaired) electrons. The SMILES string of the molecule is COc1ccc(-c2cn(C(=O)c3csc4c3C=CCC4)c3c2=CCCN=3)cc1OC. The molecule has 2 aliphatic rings. The Labute approximate surface area is 178 Å². The highest BCUT2D eigenvalue weighted by atomic mass is 32.1. The average molecular weight is 419 g/mol. The van der Waals surface area contributed by atoms with Gasteiger partial charge in [0.15, 0.2) is 11.5 Å². The van der Waals surface area contributed by atoms with E-state index in [1.807, 2.05) is 29.8 Å². The van der Waals surface area contributed by atoms with Gasteiger partial charge in [0.1, 0.15) is 5.49 Å². The normalized spacial score (nSPS) is 14.3. The second kappa shape index (κ2) is 7.61. The predicted molar refractivity (Wildman–Crippen MR) is 119 cm³/mol. The molecule has 0 saturated carbocycles. The molecule has 6 heteroatoms. The Hall–Kier alpha value is -3.12. The Morgan fingerprint density at radius 3 is 2.87 bits per heavy atom. The monoisotopic (exact) mass is 418 g/mol. The highest BCUT2D eigenvalue weighted by Crippen LogP contribution is 2.32. The van der Waals surface area contributed by atoms with Crippen molar-refractivity contribution in [3.8, 4) is 22.6 Å². The third kappa shape index (κ3) is 2.99. The maximum absolute atomic E-state index is 13.5. The molecule has 0 atom stereocenters. The Kier molecular flexibility index (Phi) is 4.79. The lowest BCUT2D eigenvalue weighted by Gasteiger charge is -2.09. The van der Waals surface area contributed by atoms with Crippen molar-refractivity contribution in [1.82, 2.24) is 4.57 Å². The summed E-state index contributed by atoms with van der Waals surface area (Å²) in [6, 6.07) is 5.82. The van der Waals surface area contributed by atoms with Crippen molar-refractivity contribution in [2.45, 2.75) is 19.3 Å². The number of carbonyl (C=O) groups excluding carboxylic acids is 1. The van der Waals surface area contributed by atoms with E-state index in [1.54, 1.807) is 30.1 Å². The first-order valence-electron chi connectivity index (χ1n) is 10.0. The van der Waals surface area contributed by atoms with Crippen LogP contribution in [0.1, 0.15) is 33.6 Å². The van der Waals surface area contributed by atoms with Gasteiger partial charge < -0.3 is 9.47 Å². The number of aromatic nitrogens is 1. The Morgan fingerprint density at radius 2 is 2.03 bits per heavy atom. The van der Waals surface area contributed by atoms with Crippen molar-refractivity contribution in [3.63, 3.8) is 0 Å². The molecule has 5 nitrogen and oxygen atoms in total. The summed E-state index contributed by atoms with van der Waals surface area (Å²) >= 11 is 1.67. The maximum Gasteiger partial charge on any atom is 0.265 e. The minimum atomic E-state index is -0.0268. The largest absolute Gasteiger partial charge is 0.493 e. The molecule has 0 fully saturated rings. The number of hydrogen-bond acceptors (Lipinski definition) is 5. The molecule has 5 rings (SSSR count). The van der Waals surface area contributed by atoms with Crippen molar-refractivity contribution < 1.29 is 14.3 Å². The van der Waals surface area contributed by atoms with Gasteiger partial charge >= 0.3 is 0 Å². The van der Waals surface area contributed by atoms with Crippen LogP contribution in [0.2, 0.25) is 0 Å². The minimum absolute atomic E-state index is 0.0268. The van der Waals surface area contributed by atoms with E-state index in [0.717, 1.165) is 52.2 Å². The van der Waals surface area contributed by atoms with Crippen LogP contribution < -0.4 is 20.2 Å². The second-order valence-electron chi connectivity index (χ2n) is 7.33. The minimum Gasteiger partial charge on any atom is -0.493 e. The van der Waals surface area contributed by atoms with E-state index in [9.17, 15) is 4.79 Å². The third-order valence-corrected chi connectivity index (χ3v) is 6.69. The molecule has 1 aromatic carbocycles. The zero-order chi connectivity index (χ0) is 20.7. The molecule has 1 aliphatic heterocycles. The molecule has 2 aromatic heterocycles. The van der Waals surface area contributed by atoms with Crippen LogP contribution in [-0.4, -0.2) is 31.2 Å². The van der Waals surface area contributed by atoms with E-state index in [-0.39, 0.29) is 5.91 Å². The standard InChI is InChI=1S/C24H22N2O3S/c1-28-20-10-9-15(12-21(20)29-2)18-13-26(23-17(18)7-5-11-25-23)24(27)19-14-30-22-8-4-3-6-16(19)22/h3,6-7,9-10,12-14H,4-5,8,11H2,1-2H3. The van der Waals surface area contributed by atoms with Crippen molar-refractivity contribution in [2.75, 3.05) is 20.8 Å². The molecule has 1 aliphatic carbocycles. The van der Waals surface area contributed by atoms with Crippen LogP contribution in [0.25, 0.3) is 23.3 Å². The number of thiophene rings is 1. The van der Waals surface area contributed by atoms with Crippen molar-refractivity contribution in [3.05, 3.63) is 62.6 Å². The van der Waals surface area contributed by atoms with Crippen LogP contribution in [0.15, 0.2) is 40.8 Å². The lowest BCUT2D eigenvalue weighted by atomic mass is 10.0. The van der Waals surface area contributed by atoms with Crippen LogP contribution in [0.5, 0.6) is 11.5 Å². The van der Waals surface area contributed by atoms with E-state index in [0.29, 0.717) is 18.0 Å². The molecule has 0 saturated heterocycles. The van der Waals surface area contributed by atoms with Crippen LogP contribution in [0, 0.1) is 0 Å². The van der Waals surface area contributed by atoms with E-state index < -0.39 is 0 Å². The van der Waals surface area contributed by atoms with Gasteiger partial charge in [-0.15, -0.1) is 11.3 Å². The number of aryl methyl sites for hydroxylation is 1. The third-order valence-electron chi connectivity index (χ3n) is 5.63. The van der Waals surface area contributed by atoms with Crippen molar-refractivity contribution in [1.29, 1.82) is 0 Å². The smallest absolute Gasteiger partial charge is 0.265 e. The summed E-state index contributed by atoms with van der Waals surface area (Å²) < 4.78 is 12.6. The summed E-state index contributed by atoms with van der Waals surface area (Å²) in [5.41, 5.74) is 4.49. The molecule has 0 spiro atoms. The van der Waals surface area contributed by atoms with Gasteiger partial charge in [0.25, 0.3) is 5.91 Å².